The number of ether oxygens (including phenoxy) is 1. The van der Waals surface area contributed by atoms with Crippen LogP contribution >= 0.6 is 0 Å². The third kappa shape index (κ3) is 4.57. The standard InChI is InChI=1S/C19H22N2O2/c22-19(17-10-11-20-13-17)21-12-15-6-8-18(9-7-15)23-14-16-4-2-1-3-5-16/h1-9,17,20H,10-14H2,(H,21,22). The highest BCUT2D eigenvalue weighted by Crippen LogP contribution is 2.14. The largest absolute Gasteiger partial charge is 0.489 e. The van der Waals surface area contributed by atoms with Gasteiger partial charge in [0.1, 0.15) is 12.4 Å². The summed E-state index contributed by atoms with van der Waals surface area (Å²) in [4.78, 5) is 12.0. The molecule has 0 aliphatic carbocycles. The van der Waals surface area contributed by atoms with E-state index in [1.165, 1.54) is 0 Å². The van der Waals surface area contributed by atoms with Crippen LogP contribution in [-0.2, 0) is 17.9 Å². The summed E-state index contributed by atoms with van der Waals surface area (Å²) in [5, 5.41) is 6.21. The molecule has 1 heterocycles. The van der Waals surface area contributed by atoms with E-state index >= 15 is 0 Å². The summed E-state index contributed by atoms with van der Waals surface area (Å²) < 4.78 is 5.76. The Morgan fingerprint density at radius 2 is 1.87 bits per heavy atom. The fraction of sp³-hybridized carbons (Fsp3) is 0.316. The van der Waals surface area contributed by atoms with Crippen molar-refractivity contribution in [1.82, 2.24) is 10.6 Å². The second-order valence-corrected chi connectivity index (χ2v) is 5.83. The first-order chi connectivity index (χ1) is 11.3. The number of rotatable bonds is 6. The number of hydrogen-bond donors (Lipinski definition) is 2. The number of hydrogen-bond acceptors (Lipinski definition) is 3. The minimum absolute atomic E-state index is 0.114. The molecule has 2 N–H and O–H groups in total. The summed E-state index contributed by atoms with van der Waals surface area (Å²) >= 11 is 0. The highest BCUT2D eigenvalue weighted by molar-refractivity contribution is 5.79. The predicted molar refractivity (Wildman–Crippen MR) is 90.0 cm³/mol. The van der Waals surface area contributed by atoms with Crippen molar-refractivity contribution in [2.75, 3.05) is 13.1 Å². The van der Waals surface area contributed by atoms with Crippen molar-refractivity contribution in [3.8, 4) is 5.75 Å². The molecule has 1 saturated heterocycles. The predicted octanol–water partition coefficient (Wildman–Crippen LogP) is 2.49. The van der Waals surface area contributed by atoms with Gasteiger partial charge in [0.2, 0.25) is 5.91 Å². The van der Waals surface area contributed by atoms with Crippen molar-refractivity contribution >= 4 is 5.91 Å². The SMILES string of the molecule is O=C(NCc1ccc(OCc2ccccc2)cc1)C1CCNC1. The lowest BCUT2D eigenvalue weighted by atomic mass is 10.1. The van der Waals surface area contributed by atoms with E-state index in [1.54, 1.807) is 0 Å². The van der Waals surface area contributed by atoms with Crippen LogP contribution in [0.3, 0.4) is 0 Å². The Morgan fingerprint density at radius 1 is 1.09 bits per heavy atom. The zero-order chi connectivity index (χ0) is 15.9. The first-order valence-electron chi connectivity index (χ1n) is 8.05. The van der Waals surface area contributed by atoms with E-state index in [0.29, 0.717) is 13.2 Å². The van der Waals surface area contributed by atoms with Gasteiger partial charge in [-0.05, 0) is 36.2 Å². The minimum atomic E-state index is 0.114. The van der Waals surface area contributed by atoms with Crippen molar-refractivity contribution in [2.45, 2.75) is 19.6 Å². The van der Waals surface area contributed by atoms with E-state index in [1.807, 2.05) is 54.6 Å². The monoisotopic (exact) mass is 310 g/mol. The Balaban J connectivity index is 1.46. The van der Waals surface area contributed by atoms with Gasteiger partial charge in [-0.15, -0.1) is 0 Å². The van der Waals surface area contributed by atoms with Crippen molar-refractivity contribution in [1.29, 1.82) is 0 Å². The molecule has 2 aromatic rings. The molecule has 1 aliphatic heterocycles. The zero-order valence-corrected chi connectivity index (χ0v) is 13.1. The maximum absolute atomic E-state index is 12.0. The van der Waals surface area contributed by atoms with Crippen LogP contribution in [0.5, 0.6) is 5.75 Å². The maximum atomic E-state index is 12.0. The Kier molecular flexibility index (Phi) is 5.27. The zero-order valence-electron chi connectivity index (χ0n) is 13.1. The molecule has 0 spiro atoms. The Labute approximate surface area is 136 Å². The lowest BCUT2D eigenvalue weighted by Crippen LogP contribution is -2.31. The average molecular weight is 310 g/mol. The van der Waals surface area contributed by atoms with Crippen molar-refractivity contribution in [3.63, 3.8) is 0 Å². The van der Waals surface area contributed by atoms with Crippen LogP contribution in [0.4, 0.5) is 0 Å². The molecule has 120 valence electrons. The van der Waals surface area contributed by atoms with Gasteiger partial charge in [0.15, 0.2) is 0 Å². The number of carbonyl (C=O) groups excluding carboxylic acids is 1. The fourth-order valence-corrected chi connectivity index (χ4v) is 2.66. The van der Waals surface area contributed by atoms with Gasteiger partial charge < -0.3 is 15.4 Å². The summed E-state index contributed by atoms with van der Waals surface area (Å²) in [6.45, 7) is 2.85. The number of benzene rings is 2. The van der Waals surface area contributed by atoms with Crippen LogP contribution in [0.1, 0.15) is 17.5 Å². The lowest BCUT2D eigenvalue weighted by molar-refractivity contribution is -0.124. The average Bonchev–Trinajstić information content (AvgIpc) is 3.14. The van der Waals surface area contributed by atoms with Crippen molar-refractivity contribution in [2.24, 2.45) is 5.92 Å². The number of carbonyl (C=O) groups is 1. The van der Waals surface area contributed by atoms with Crippen molar-refractivity contribution < 1.29 is 9.53 Å². The summed E-state index contributed by atoms with van der Waals surface area (Å²) in [5.74, 6) is 1.09. The summed E-state index contributed by atoms with van der Waals surface area (Å²) in [5.41, 5.74) is 2.23. The quantitative estimate of drug-likeness (QED) is 0.862. The van der Waals surface area contributed by atoms with E-state index < -0.39 is 0 Å². The first kappa shape index (κ1) is 15.6. The number of amides is 1. The molecular weight excluding hydrogens is 288 g/mol. The van der Waals surface area contributed by atoms with Crippen LogP contribution in [0.25, 0.3) is 0 Å². The van der Waals surface area contributed by atoms with E-state index in [-0.39, 0.29) is 11.8 Å². The van der Waals surface area contributed by atoms with Gasteiger partial charge in [-0.3, -0.25) is 4.79 Å². The van der Waals surface area contributed by atoms with E-state index in [2.05, 4.69) is 10.6 Å². The molecule has 4 nitrogen and oxygen atoms in total. The molecule has 4 heteroatoms. The Hall–Kier alpha value is -2.33. The molecule has 0 saturated carbocycles. The molecule has 0 aromatic heterocycles. The summed E-state index contributed by atoms with van der Waals surface area (Å²) in [7, 11) is 0. The molecule has 3 rings (SSSR count). The van der Waals surface area contributed by atoms with Crippen LogP contribution in [-0.4, -0.2) is 19.0 Å². The molecule has 1 amide bonds. The van der Waals surface area contributed by atoms with Gasteiger partial charge in [-0.25, -0.2) is 0 Å². The minimum Gasteiger partial charge on any atom is -0.489 e. The molecule has 1 aliphatic rings. The molecule has 1 atom stereocenters. The molecule has 2 aromatic carbocycles. The van der Waals surface area contributed by atoms with Gasteiger partial charge in [-0.2, -0.15) is 0 Å². The molecule has 1 unspecified atom stereocenters. The molecule has 1 fully saturated rings. The topological polar surface area (TPSA) is 50.4 Å². The van der Waals surface area contributed by atoms with E-state index in [0.717, 1.165) is 36.4 Å². The van der Waals surface area contributed by atoms with Crippen LogP contribution in [0.2, 0.25) is 0 Å². The van der Waals surface area contributed by atoms with Crippen LogP contribution in [0, 0.1) is 5.92 Å². The van der Waals surface area contributed by atoms with Gasteiger partial charge >= 0.3 is 0 Å². The normalized spacial score (nSPS) is 17.0. The van der Waals surface area contributed by atoms with Gasteiger partial charge in [0.05, 0.1) is 5.92 Å². The van der Waals surface area contributed by atoms with Crippen LogP contribution < -0.4 is 15.4 Å². The molecule has 0 radical (unpaired) electrons. The molecule has 23 heavy (non-hydrogen) atoms. The fourth-order valence-electron chi connectivity index (χ4n) is 2.66. The Bertz CT molecular complexity index is 620. The highest BCUT2D eigenvalue weighted by Gasteiger charge is 2.21. The molecular formula is C19H22N2O2. The molecule has 0 bridgehead atoms. The van der Waals surface area contributed by atoms with Gasteiger partial charge in [0.25, 0.3) is 0 Å². The highest BCUT2D eigenvalue weighted by atomic mass is 16.5. The lowest BCUT2D eigenvalue weighted by Gasteiger charge is -2.11. The van der Waals surface area contributed by atoms with Crippen LogP contribution in [0.15, 0.2) is 54.6 Å². The summed E-state index contributed by atoms with van der Waals surface area (Å²) in [6, 6.07) is 18.0. The Morgan fingerprint density at radius 3 is 2.57 bits per heavy atom. The summed E-state index contributed by atoms with van der Waals surface area (Å²) in [6.07, 6.45) is 0.929. The second-order valence-electron chi connectivity index (χ2n) is 5.83. The smallest absolute Gasteiger partial charge is 0.224 e. The maximum Gasteiger partial charge on any atom is 0.224 e. The third-order valence-electron chi connectivity index (χ3n) is 4.07. The van der Waals surface area contributed by atoms with E-state index in [4.69, 9.17) is 4.74 Å². The van der Waals surface area contributed by atoms with Gasteiger partial charge in [-0.1, -0.05) is 42.5 Å². The van der Waals surface area contributed by atoms with E-state index in [9.17, 15) is 4.79 Å². The third-order valence-corrected chi connectivity index (χ3v) is 4.07. The second kappa shape index (κ2) is 7.79. The number of nitrogens with one attached hydrogen (secondary N) is 2. The van der Waals surface area contributed by atoms with Crippen molar-refractivity contribution in [3.05, 3.63) is 65.7 Å². The first-order valence-corrected chi connectivity index (χ1v) is 8.05. The van der Waals surface area contributed by atoms with Gasteiger partial charge in [0, 0.05) is 13.1 Å².